The molecule has 0 unspecified atom stereocenters. The number of ether oxygens (including phenoxy) is 1. The van der Waals surface area contributed by atoms with Crippen LogP contribution in [0.2, 0.25) is 0 Å². The summed E-state index contributed by atoms with van der Waals surface area (Å²) in [4.78, 5) is 27.8. The van der Waals surface area contributed by atoms with Gasteiger partial charge in [0.2, 0.25) is 0 Å². The number of piperidine rings is 1. The minimum atomic E-state index is -0.953. The molecule has 140 valence electrons. The van der Waals surface area contributed by atoms with Gasteiger partial charge in [0.15, 0.2) is 5.60 Å². The fourth-order valence-corrected chi connectivity index (χ4v) is 5.26. The Bertz CT molecular complexity index is 720. The molecule has 26 heavy (non-hydrogen) atoms. The predicted molar refractivity (Wildman–Crippen MR) is 99.4 cm³/mol. The molecule has 1 aromatic rings. The molecular formula is C22H29NO3. The number of hydrogen-bond donors (Lipinski definition) is 0. The highest BCUT2D eigenvalue weighted by atomic mass is 16.6. The second-order valence-corrected chi connectivity index (χ2v) is 9.10. The molecule has 3 aliphatic rings. The quantitative estimate of drug-likeness (QED) is 0.779. The normalized spacial score (nSPS) is 33.3. The average molecular weight is 355 g/mol. The molecule has 2 bridgehead atoms. The number of carbonyl (C=O) groups excluding carboxylic acids is 2. The molecule has 0 radical (unpaired) electrons. The number of rotatable bonds is 3. The van der Waals surface area contributed by atoms with E-state index in [4.69, 9.17) is 4.74 Å². The van der Waals surface area contributed by atoms with Gasteiger partial charge in [0.1, 0.15) is 0 Å². The number of amides is 1. The van der Waals surface area contributed by atoms with Gasteiger partial charge in [-0.15, -0.1) is 0 Å². The topological polar surface area (TPSA) is 46.6 Å². The van der Waals surface area contributed by atoms with Crippen molar-refractivity contribution in [2.45, 2.75) is 58.5 Å². The first-order valence-corrected chi connectivity index (χ1v) is 9.87. The van der Waals surface area contributed by atoms with Crippen molar-refractivity contribution in [2.24, 2.45) is 16.7 Å². The van der Waals surface area contributed by atoms with Crippen LogP contribution >= 0.6 is 0 Å². The van der Waals surface area contributed by atoms with Crippen molar-refractivity contribution in [2.75, 3.05) is 13.1 Å². The molecule has 2 atom stereocenters. The third-order valence-corrected chi connectivity index (χ3v) is 7.70. The third kappa shape index (κ3) is 2.27. The Labute approximate surface area is 155 Å². The first-order valence-electron chi connectivity index (χ1n) is 9.87. The second kappa shape index (κ2) is 5.83. The minimum absolute atomic E-state index is 0.0373. The smallest absolute Gasteiger partial charge is 0.313 e. The van der Waals surface area contributed by atoms with Crippen molar-refractivity contribution in [3.05, 3.63) is 35.9 Å². The first kappa shape index (κ1) is 17.6. The molecular weight excluding hydrogens is 326 g/mol. The van der Waals surface area contributed by atoms with Crippen molar-refractivity contribution in [1.29, 1.82) is 0 Å². The van der Waals surface area contributed by atoms with Crippen LogP contribution in [0.25, 0.3) is 0 Å². The summed E-state index contributed by atoms with van der Waals surface area (Å²) in [5.74, 6) is 0.461. The Morgan fingerprint density at radius 1 is 1.12 bits per heavy atom. The highest BCUT2D eigenvalue weighted by Gasteiger charge is 2.76. The van der Waals surface area contributed by atoms with Crippen molar-refractivity contribution in [3.8, 4) is 0 Å². The Morgan fingerprint density at radius 3 is 2.31 bits per heavy atom. The van der Waals surface area contributed by atoms with E-state index in [2.05, 4.69) is 24.3 Å². The second-order valence-electron chi connectivity index (χ2n) is 9.10. The Balaban J connectivity index is 1.44. The van der Waals surface area contributed by atoms with Gasteiger partial charge in [0, 0.05) is 18.5 Å². The Morgan fingerprint density at radius 2 is 1.77 bits per heavy atom. The monoisotopic (exact) mass is 355 g/mol. The van der Waals surface area contributed by atoms with Crippen LogP contribution in [0.1, 0.15) is 52.0 Å². The highest BCUT2D eigenvalue weighted by molar-refractivity contribution is 5.96. The predicted octanol–water partition coefficient (Wildman–Crippen LogP) is 3.59. The standard InChI is InChI=1S/C22H29NO3/c1-20(2)21(3)11-12-22(20,26-19(21)25)18(24)23-13-9-17(10-14-23)15-16-7-5-4-6-8-16/h4-8,17H,9-15H2,1-3H3/t21-,22+/m0/s1. The number of fused-ring (bicyclic) bond motifs is 2. The van der Waals surface area contributed by atoms with E-state index in [1.165, 1.54) is 5.56 Å². The van der Waals surface area contributed by atoms with E-state index in [0.29, 0.717) is 12.3 Å². The van der Waals surface area contributed by atoms with Gasteiger partial charge in [0.25, 0.3) is 5.91 Å². The van der Waals surface area contributed by atoms with E-state index in [-0.39, 0.29) is 11.9 Å². The summed E-state index contributed by atoms with van der Waals surface area (Å²) in [7, 11) is 0. The summed E-state index contributed by atoms with van der Waals surface area (Å²) in [5, 5.41) is 0. The summed E-state index contributed by atoms with van der Waals surface area (Å²) in [6.07, 6.45) is 4.51. The molecule has 1 aromatic carbocycles. The van der Waals surface area contributed by atoms with Crippen LogP contribution in [0.15, 0.2) is 30.3 Å². The molecule has 2 saturated heterocycles. The zero-order valence-corrected chi connectivity index (χ0v) is 16.1. The zero-order chi connectivity index (χ0) is 18.6. The van der Waals surface area contributed by atoms with Gasteiger partial charge in [-0.1, -0.05) is 44.2 Å². The van der Waals surface area contributed by atoms with Gasteiger partial charge in [0.05, 0.1) is 5.41 Å². The number of hydrogen-bond acceptors (Lipinski definition) is 3. The number of nitrogens with zero attached hydrogens (tertiary/aromatic N) is 1. The molecule has 3 fully saturated rings. The van der Waals surface area contributed by atoms with Crippen LogP contribution < -0.4 is 0 Å². The minimum Gasteiger partial charge on any atom is -0.448 e. The van der Waals surface area contributed by atoms with Crippen molar-refractivity contribution in [1.82, 2.24) is 4.90 Å². The van der Waals surface area contributed by atoms with E-state index < -0.39 is 16.4 Å². The maximum absolute atomic E-state index is 13.4. The van der Waals surface area contributed by atoms with E-state index >= 15 is 0 Å². The number of esters is 1. The molecule has 2 heterocycles. The lowest BCUT2D eigenvalue weighted by Gasteiger charge is -2.41. The largest absolute Gasteiger partial charge is 0.448 e. The van der Waals surface area contributed by atoms with Crippen LogP contribution in [0.3, 0.4) is 0 Å². The van der Waals surface area contributed by atoms with Crippen LogP contribution in [0.5, 0.6) is 0 Å². The zero-order valence-electron chi connectivity index (χ0n) is 16.1. The van der Waals surface area contributed by atoms with Crippen molar-refractivity contribution in [3.63, 3.8) is 0 Å². The summed E-state index contributed by atoms with van der Waals surface area (Å²) in [6.45, 7) is 7.56. The van der Waals surface area contributed by atoms with E-state index in [0.717, 1.165) is 38.8 Å². The number of benzene rings is 1. The van der Waals surface area contributed by atoms with E-state index in [1.54, 1.807) is 0 Å². The lowest BCUT2D eigenvalue weighted by Crippen LogP contribution is -2.56. The van der Waals surface area contributed by atoms with Crippen LogP contribution in [0.4, 0.5) is 0 Å². The third-order valence-electron chi connectivity index (χ3n) is 7.70. The average Bonchev–Trinajstić information content (AvgIpc) is 2.93. The molecule has 4 rings (SSSR count). The van der Waals surface area contributed by atoms with Gasteiger partial charge >= 0.3 is 5.97 Å². The maximum atomic E-state index is 13.4. The lowest BCUT2D eigenvalue weighted by atomic mass is 9.66. The SMILES string of the molecule is CC1(C)[C@@]2(C)CC[C@]1(C(=O)N1CCC(Cc3ccccc3)CC1)OC2=O. The molecule has 1 amide bonds. The van der Waals surface area contributed by atoms with Crippen LogP contribution in [-0.4, -0.2) is 35.5 Å². The van der Waals surface area contributed by atoms with Gasteiger partial charge < -0.3 is 9.64 Å². The fraction of sp³-hybridized carbons (Fsp3) is 0.636. The molecule has 4 nitrogen and oxygen atoms in total. The van der Waals surface area contributed by atoms with Crippen molar-refractivity contribution >= 4 is 11.9 Å². The summed E-state index contributed by atoms with van der Waals surface area (Å²) in [6, 6.07) is 10.6. The first-order chi connectivity index (χ1) is 12.3. The fourth-order valence-electron chi connectivity index (χ4n) is 5.26. The number of carbonyl (C=O) groups is 2. The van der Waals surface area contributed by atoms with Gasteiger partial charge in [-0.2, -0.15) is 0 Å². The molecule has 1 saturated carbocycles. The van der Waals surface area contributed by atoms with Crippen LogP contribution in [-0.2, 0) is 20.7 Å². The van der Waals surface area contributed by atoms with Gasteiger partial charge in [-0.25, -0.2) is 0 Å². The van der Waals surface area contributed by atoms with Crippen molar-refractivity contribution < 1.29 is 14.3 Å². The van der Waals surface area contributed by atoms with E-state index in [1.807, 2.05) is 31.7 Å². The summed E-state index contributed by atoms with van der Waals surface area (Å²) < 4.78 is 5.77. The van der Waals surface area contributed by atoms with E-state index in [9.17, 15) is 9.59 Å². The maximum Gasteiger partial charge on any atom is 0.313 e. The molecule has 0 aromatic heterocycles. The Kier molecular flexibility index (Phi) is 3.94. The number of likely N-dealkylation sites (tertiary alicyclic amines) is 1. The molecule has 0 spiro atoms. The molecule has 4 heteroatoms. The van der Waals surface area contributed by atoms with Gasteiger partial charge in [-0.05, 0) is 50.5 Å². The molecule has 2 aliphatic heterocycles. The Hall–Kier alpha value is -1.84. The summed E-state index contributed by atoms with van der Waals surface area (Å²) in [5.41, 5.74) is -0.567. The van der Waals surface area contributed by atoms with Gasteiger partial charge in [-0.3, -0.25) is 9.59 Å². The lowest BCUT2D eigenvalue weighted by molar-refractivity contribution is -0.174. The van der Waals surface area contributed by atoms with Crippen LogP contribution in [0, 0.1) is 16.7 Å². The molecule has 0 N–H and O–H groups in total. The summed E-state index contributed by atoms with van der Waals surface area (Å²) >= 11 is 0. The highest BCUT2D eigenvalue weighted by Crippen LogP contribution is 2.66. The molecule has 1 aliphatic carbocycles.